The molecule has 1 spiro atoms. The van der Waals surface area contributed by atoms with Gasteiger partial charge in [-0.1, -0.05) is 86.3 Å². The summed E-state index contributed by atoms with van der Waals surface area (Å²) in [7, 11) is 0. The summed E-state index contributed by atoms with van der Waals surface area (Å²) >= 11 is 0. The number of nitrogens with one attached hydrogen (secondary N) is 1. The lowest BCUT2D eigenvalue weighted by Crippen LogP contribution is -2.40. The number of H-pyrrole nitrogens is 1. The second-order valence-corrected chi connectivity index (χ2v) is 10.8. The second kappa shape index (κ2) is 10.6. The molecule has 0 unspecified atom stereocenters. The lowest BCUT2D eigenvalue weighted by Gasteiger charge is -2.23. The van der Waals surface area contributed by atoms with Gasteiger partial charge >= 0.3 is 0 Å². The fourth-order valence-corrected chi connectivity index (χ4v) is 5.93. The Kier molecular flexibility index (Phi) is 6.81. The maximum atomic E-state index is 13.6. The molecule has 3 aromatic carbocycles. The van der Waals surface area contributed by atoms with E-state index in [9.17, 15) is 4.79 Å². The van der Waals surface area contributed by atoms with Crippen LogP contribution < -0.4 is 0 Å². The van der Waals surface area contributed by atoms with Gasteiger partial charge in [0.05, 0.1) is 6.54 Å². The van der Waals surface area contributed by atoms with Crippen molar-refractivity contribution in [1.82, 2.24) is 25.5 Å². The molecule has 2 heterocycles. The predicted molar refractivity (Wildman–Crippen MR) is 154 cm³/mol. The van der Waals surface area contributed by atoms with Crippen LogP contribution in [-0.4, -0.2) is 42.8 Å². The predicted octanol–water partition coefficient (Wildman–Crippen LogP) is 6.75. The summed E-state index contributed by atoms with van der Waals surface area (Å²) < 4.78 is 0. The van der Waals surface area contributed by atoms with Crippen molar-refractivity contribution >= 4 is 11.7 Å². The summed E-state index contributed by atoms with van der Waals surface area (Å²) in [6.45, 7) is 4.85. The number of carbonyl (C=O) groups excluding carboxylic acids is 1. The van der Waals surface area contributed by atoms with Crippen LogP contribution in [-0.2, 0) is 11.3 Å². The molecule has 39 heavy (non-hydrogen) atoms. The maximum absolute atomic E-state index is 13.6. The fourth-order valence-electron chi connectivity index (χ4n) is 5.93. The molecule has 4 aromatic rings. The zero-order valence-corrected chi connectivity index (χ0v) is 22.7. The van der Waals surface area contributed by atoms with E-state index in [1.165, 1.54) is 11.1 Å². The molecule has 1 aromatic heterocycles. The second-order valence-electron chi connectivity index (χ2n) is 10.8. The molecule has 7 nitrogen and oxygen atoms in total. The van der Waals surface area contributed by atoms with Crippen molar-refractivity contribution in [2.75, 3.05) is 0 Å². The first-order chi connectivity index (χ1) is 19.1. The Labute approximate surface area is 229 Å². The van der Waals surface area contributed by atoms with Crippen molar-refractivity contribution in [1.29, 1.82) is 0 Å². The van der Waals surface area contributed by atoms with Gasteiger partial charge in [0.25, 0.3) is 5.91 Å². The average molecular weight is 519 g/mol. The van der Waals surface area contributed by atoms with Crippen molar-refractivity contribution in [3.05, 3.63) is 77.9 Å². The number of rotatable bonds is 8. The summed E-state index contributed by atoms with van der Waals surface area (Å²) in [5.74, 6) is 1.73. The van der Waals surface area contributed by atoms with Crippen LogP contribution in [0.25, 0.3) is 33.6 Å². The smallest absolute Gasteiger partial charge is 0.256 e. The van der Waals surface area contributed by atoms with Gasteiger partial charge in [0, 0.05) is 12.0 Å². The first-order valence-electron chi connectivity index (χ1n) is 14.0. The van der Waals surface area contributed by atoms with Crippen LogP contribution in [0.4, 0.5) is 0 Å². The normalized spacial score (nSPS) is 16.3. The number of carbonyl (C=O) groups is 1. The molecule has 2 aliphatic rings. The van der Waals surface area contributed by atoms with E-state index in [1.807, 2.05) is 4.90 Å². The highest BCUT2D eigenvalue weighted by Gasteiger charge is 2.49. The van der Waals surface area contributed by atoms with E-state index in [4.69, 9.17) is 4.99 Å². The zero-order valence-electron chi connectivity index (χ0n) is 22.7. The summed E-state index contributed by atoms with van der Waals surface area (Å²) in [6, 6.07) is 23.4. The number of aryl methyl sites for hydroxylation is 1. The molecule has 7 heteroatoms. The monoisotopic (exact) mass is 518 g/mol. The Balaban J connectivity index is 1.31. The third kappa shape index (κ3) is 4.89. The molecule has 198 valence electrons. The molecular formula is C32H34N6O. The van der Waals surface area contributed by atoms with Crippen molar-refractivity contribution in [3.63, 3.8) is 0 Å². The lowest BCUT2D eigenvalue weighted by atomic mass is 9.93. The molecule has 0 bridgehead atoms. The minimum absolute atomic E-state index is 0.195. The average Bonchev–Trinajstić information content (AvgIpc) is 3.72. The number of amides is 1. The third-order valence-corrected chi connectivity index (χ3v) is 8.05. The van der Waals surface area contributed by atoms with Gasteiger partial charge in [0.1, 0.15) is 11.4 Å². The Morgan fingerprint density at radius 3 is 2.41 bits per heavy atom. The highest BCUT2D eigenvalue weighted by atomic mass is 16.2. The Bertz CT molecular complexity index is 1500. The molecule has 6 rings (SSSR count). The number of aromatic amines is 1. The van der Waals surface area contributed by atoms with Crippen LogP contribution in [0.3, 0.4) is 0 Å². The van der Waals surface area contributed by atoms with Gasteiger partial charge in [0.15, 0.2) is 0 Å². The summed E-state index contributed by atoms with van der Waals surface area (Å²) in [5.41, 5.74) is 7.13. The molecule has 1 saturated carbocycles. The van der Waals surface area contributed by atoms with Gasteiger partial charge in [-0.25, -0.2) is 0 Å². The highest BCUT2D eigenvalue weighted by Crippen LogP contribution is 2.40. The number of unbranched alkanes of at least 4 members (excludes halogenated alkanes) is 1. The van der Waals surface area contributed by atoms with Gasteiger partial charge in [-0.3, -0.25) is 14.7 Å². The summed E-state index contributed by atoms with van der Waals surface area (Å²) in [5, 5.41) is 14.8. The number of aromatic nitrogens is 4. The topological polar surface area (TPSA) is 87.1 Å². The molecule has 1 amide bonds. The van der Waals surface area contributed by atoms with E-state index in [1.54, 1.807) is 0 Å². The van der Waals surface area contributed by atoms with Gasteiger partial charge in [-0.05, 0) is 71.3 Å². The van der Waals surface area contributed by atoms with Crippen molar-refractivity contribution in [2.45, 2.75) is 70.9 Å². The standard InChI is InChI=1S/C32H34N6O/c1-3-4-10-29-33-32(17-5-6-18-32)31(39)38(29)21-23-11-13-24(14-12-23)28-20-26(25-9-7-8-22(2)19-25)15-16-27(28)30-34-36-37-35-30/h7-9,11-16,19-20H,3-6,10,17-18,21H2,1-2H3,(H,34,35,36,37). The zero-order chi connectivity index (χ0) is 26.8. The van der Waals surface area contributed by atoms with Crippen molar-refractivity contribution < 1.29 is 4.79 Å². The highest BCUT2D eigenvalue weighted by molar-refractivity contribution is 6.08. The molecular weight excluding hydrogens is 484 g/mol. The third-order valence-electron chi connectivity index (χ3n) is 8.05. The van der Waals surface area contributed by atoms with Gasteiger partial charge in [-0.15, -0.1) is 10.2 Å². The number of hydrogen-bond acceptors (Lipinski definition) is 5. The van der Waals surface area contributed by atoms with Crippen molar-refractivity contribution in [3.8, 4) is 33.6 Å². The molecule has 1 fully saturated rings. The number of nitrogens with zero attached hydrogens (tertiary/aromatic N) is 5. The van der Waals surface area contributed by atoms with E-state index < -0.39 is 5.54 Å². The maximum Gasteiger partial charge on any atom is 0.256 e. The molecule has 1 aliphatic carbocycles. The molecule has 1 aliphatic heterocycles. The minimum atomic E-state index is -0.501. The number of tetrazole rings is 1. The Morgan fingerprint density at radius 2 is 1.69 bits per heavy atom. The number of aliphatic imine (C=N–C) groups is 1. The van der Waals surface area contributed by atoms with Crippen molar-refractivity contribution in [2.24, 2.45) is 4.99 Å². The number of amidine groups is 1. The SMILES string of the molecule is CCCCC1=NC2(CCCC2)C(=O)N1Cc1ccc(-c2cc(-c3cccc(C)c3)ccc2-c2nn[nH]n2)cc1. The van der Waals surface area contributed by atoms with Crippen LogP contribution >= 0.6 is 0 Å². The van der Waals surface area contributed by atoms with Crippen LogP contribution in [0.2, 0.25) is 0 Å². The largest absolute Gasteiger partial charge is 0.294 e. The van der Waals surface area contributed by atoms with Crippen LogP contribution in [0, 0.1) is 6.92 Å². The lowest BCUT2D eigenvalue weighted by molar-refractivity contribution is -0.131. The Morgan fingerprint density at radius 1 is 0.923 bits per heavy atom. The van der Waals surface area contributed by atoms with Gasteiger partial charge < -0.3 is 0 Å². The molecule has 1 N–H and O–H groups in total. The molecule has 0 atom stereocenters. The summed E-state index contributed by atoms with van der Waals surface area (Å²) in [6.07, 6.45) is 6.94. The van der Waals surface area contributed by atoms with E-state index in [2.05, 4.69) is 101 Å². The Hall–Kier alpha value is -4.13. The van der Waals surface area contributed by atoms with Gasteiger partial charge in [-0.2, -0.15) is 5.21 Å². The summed E-state index contributed by atoms with van der Waals surface area (Å²) in [4.78, 5) is 20.5. The van der Waals surface area contributed by atoms with Crippen LogP contribution in [0.5, 0.6) is 0 Å². The van der Waals surface area contributed by atoms with Crippen LogP contribution in [0.1, 0.15) is 63.0 Å². The quantitative estimate of drug-likeness (QED) is 0.279. The molecule has 0 saturated heterocycles. The van der Waals surface area contributed by atoms with Gasteiger partial charge in [0.2, 0.25) is 5.82 Å². The first-order valence-corrected chi connectivity index (χ1v) is 14.0. The van der Waals surface area contributed by atoms with E-state index in [-0.39, 0.29) is 5.91 Å². The number of hydrogen-bond donors (Lipinski definition) is 1. The number of benzene rings is 3. The van der Waals surface area contributed by atoms with E-state index in [0.29, 0.717) is 12.4 Å². The van der Waals surface area contributed by atoms with E-state index in [0.717, 1.165) is 78.6 Å². The fraction of sp³-hybridized carbons (Fsp3) is 0.344. The first kappa shape index (κ1) is 25.2. The molecule has 0 radical (unpaired) electrons. The van der Waals surface area contributed by atoms with E-state index >= 15 is 0 Å². The van der Waals surface area contributed by atoms with Crippen LogP contribution in [0.15, 0.2) is 71.7 Å². The minimum Gasteiger partial charge on any atom is -0.294 e.